The van der Waals surface area contributed by atoms with Crippen LogP contribution in [0.1, 0.15) is 35.8 Å². The molecule has 0 bridgehead atoms. The van der Waals surface area contributed by atoms with E-state index in [1.807, 2.05) is 4.90 Å². The van der Waals surface area contributed by atoms with Crippen LogP contribution in [0.5, 0.6) is 0 Å². The smallest absolute Gasteiger partial charge is 0.355 e. The number of carbonyl (C=O) groups is 2. The molecule has 20 heavy (non-hydrogen) atoms. The highest BCUT2D eigenvalue weighted by Gasteiger charge is 2.29. The van der Waals surface area contributed by atoms with Crippen molar-refractivity contribution in [2.45, 2.75) is 32.7 Å². The number of carboxylic acids is 1. The number of rotatable bonds is 4. The molecule has 2 atom stereocenters. The van der Waals surface area contributed by atoms with E-state index in [1.54, 1.807) is 0 Å². The van der Waals surface area contributed by atoms with Crippen molar-refractivity contribution in [2.75, 3.05) is 13.1 Å². The first-order valence-corrected chi connectivity index (χ1v) is 7.57. The van der Waals surface area contributed by atoms with E-state index in [-0.39, 0.29) is 17.8 Å². The summed E-state index contributed by atoms with van der Waals surface area (Å²) in [7, 11) is 0. The van der Waals surface area contributed by atoms with Gasteiger partial charge in [0.2, 0.25) is 0 Å². The highest BCUT2D eigenvalue weighted by Crippen LogP contribution is 2.21. The number of carboxylic acid groups (broad SMARTS) is 1. The van der Waals surface area contributed by atoms with E-state index in [4.69, 9.17) is 5.11 Å². The Hall–Kier alpha value is -1.63. The maximum Gasteiger partial charge on any atom is 0.355 e. The SMILES string of the molecule is CC1CC(C)N(C(=O)NCCc2nc(C(=O)O)cs2)C1. The molecule has 0 aliphatic carbocycles. The third-order valence-corrected chi connectivity index (χ3v) is 4.34. The molecule has 2 rings (SSSR count). The molecule has 0 spiro atoms. The molecular formula is C13H19N3O3S. The number of thiazole rings is 1. The van der Waals surface area contributed by atoms with Gasteiger partial charge in [0.25, 0.3) is 0 Å². The number of hydrogen-bond donors (Lipinski definition) is 2. The lowest BCUT2D eigenvalue weighted by Crippen LogP contribution is -2.42. The van der Waals surface area contributed by atoms with Crippen molar-refractivity contribution in [3.8, 4) is 0 Å². The maximum atomic E-state index is 12.0. The van der Waals surface area contributed by atoms with Crippen LogP contribution >= 0.6 is 11.3 Å². The molecule has 0 aromatic carbocycles. The van der Waals surface area contributed by atoms with E-state index < -0.39 is 5.97 Å². The summed E-state index contributed by atoms with van der Waals surface area (Å²) in [6.07, 6.45) is 1.60. The Kier molecular flexibility index (Phi) is 4.59. The van der Waals surface area contributed by atoms with Crippen LogP contribution in [-0.2, 0) is 6.42 Å². The zero-order valence-corrected chi connectivity index (χ0v) is 12.4. The van der Waals surface area contributed by atoms with Crippen molar-refractivity contribution < 1.29 is 14.7 Å². The Bertz CT molecular complexity index is 503. The molecule has 1 aromatic rings. The lowest BCUT2D eigenvalue weighted by atomic mass is 10.1. The molecule has 1 fully saturated rings. The van der Waals surface area contributed by atoms with Crippen LogP contribution in [0.2, 0.25) is 0 Å². The van der Waals surface area contributed by atoms with Crippen molar-refractivity contribution >= 4 is 23.3 Å². The third-order valence-electron chi connectivity index (χ3n) is 3.43. The van der Waals surface area contributed by atoms with E-state index in [2.05, 4.69) is 24.1 Å². The largest absolute Gasteiger partial charge is 0.476 e. The molecule has 2 N–H and O–H groups in total. The lowest BCUT2D eigenvalue weighted by Gasteiger charge is -2.21. The number of hydrogen-bond acceptors (Lipinski definition) is 4. The zero-order valence-electron chi connectivity index (χ0n) is 11.6. The van der Waals surface area contributed by atoms with Gasteiger partial charge in [-0.05, 0) is 19.3 Å². The van der Waals surface area contributed by atoms with Gasteiger partial charge in [-0.15, -0.1) is 11.3 Å². The van der Waals surface area contributed by atoms with E-state index in [0.717, 1.165) is 18.0 Å². The molecule has 1 aromatic heterocycles. The summed E-state index contributed by atoms with van der Waals surface area (Å²) in [5.74, 6) is -0.468. The van der Waals surface area contributed by atoms with Gasteiger partial charge in [0.15, 0.2) is 5.69 Å². The predicted molar refractivity (Wildman–Crippen MR) is 76.1 cm³/mol. The van der Waals surface area contributed by atoms with Gasteiger partial charge in [0.1, 0.15) is 0 Å². The quantitative estimate of drug-likeness (QED) is 0.888. The average Bonchev–Trinajstić information content (AvgIpc) is 2.96. The van der Waals surface area contributed by atoms with Gasteiger partial charge in [-0.2, -0.15) is 0 Å². The number of aromatic nitrogens is 1. The molecule has 0 radical (unpaired) electrons. The zero-order chi connectivity index (χ0) is 14.7. The molecule has 6 nitrogen and oxygen atoms in total. The van der Waals surface area contributed by atoms with E-state index in [9.17, 15) is 9.59 Å². The highest BCUT2D eigenvalue weighted by molar-refractivity contribution is 7.09. The summed E-state index contributed by atoms with van der Waals surface area (Å²) in [4.78, 5) is 28.6. The molecule has 7 heteroatoms. The van der Waals surface area contributed by atoms with Crippen molar-refractivity contribution in [1.82, 2.24) is 15.2 Å². The second-order valence-corrected chi connectivity index (χ2v) is 6.20. The fraction of sp³-hybridized carbons (Fsp3) is 0.615. The van der Waals surface area contributed by atoms with Gasteiger partial charge in [-0.1, -0.05) is 6.92 Å². The summed E-state index contributed by atoms with van der Waals surface area (Å²) < 4.78 is 0. The van der Waals surface area contributed by atoms with E-state index in [0.29, 0.717) is 18.9 Å². The van der Waals surface area contributed by atoms with Crippen molar-refractivity contribution in [3.05, 3.63) is 16.1 Å². The number of nitrogens with one attached hydrogen (secondary N) is 1. The van der Waals surface area contributed by atoms with Gasteiger partial charge >= 0.3 is 12.0 Å². The average molecular weight is 297 g/mol. The molecule has 1 aliphatic rings. The van der Waals surface area contributed by atoms with Crippen LogP contribution in [0.15, 0.2) is 5.38 Å². The molecule has 110 valence electrons. The Labute approximate surface area is 121 Å². The van der Waals surface area contributed by atoms with Crippen LogP contribution < -0.4 is 5.32 Å². The first kappa shape index (κ1) is 14.8. The van der Waals surface area contributed by atoms with Crippen LogP contribution in [0.3, 0.4) is 0 Å². The Balaban J connectivity index is 1.77. The molecule has 2 amide bonds. The number of urea groups is 1. The second kappa shape index (κ2) is 6.21. The number of amides is 2. The van der Waals surface area contributed by atoms with Crippen LogP contribution in [0.25, 0.3) is 0 Å². The van der Waals surface area contributed by atoms with Gasteiger partial charge in [-0.3, -0.25) is 0 Å². The first-order valence-electron chi connectivity index (χ1n) is 6.69. The Morgan fingerprint density at radius 2 is 2.30 bits per heavy atom. The van der Waals surface area contributed by atoms with Gasteiger partial charge in [0.05, 0.1) is 5.01 Å². The monoisotopic (exact) mass is 297 g/mol. The van der Waals surface area contributed by atoms with Crippen molar-refractivity contribution in [2.24, 2.45) is 5.92 Å². The summed E-state index contributed by atoms with van der Waals surface area (Å²) in [6.45, 7) is 5.48. The summed E-state index contributed by atoms with van der Waals surface area (Å²) in [5, 5.41) is 13.9. The predicted octanol–water partition coefficient (Wildman–Crippen LogP) is 1.82. The second-order valence-electron chi connectivity index (χ2n) is 5.26. The fourth-order valence-electron chi connectivity index (χ4n) is 2.48. The van der Waals surface area contributed by atoms with Crippen LogP contribution in [0, 0.1) is 5.92 Å². The minimum absolute atomic E-state index is 0.0446. The fourth-order valence-corrected chi connectivity index (χ4v) is 3.26. The van der Waals surface area contributed by atoms with Gasteiger partial charge in [-0.25, -0.2) is 14.6 Å². The Morgan fingerprint density at radius 1 is 1.55 bits per heavy atom. The third kappa shape index (κ3) is 3.47. The highest BCUT2D eigenvalue weighted by atomic mass is 32.1. The summed E-state index contributed by atoms with van der Waals surface area (Å²) in [6, 6.07) is 0.236. The molecule has 0 saturated carbocycles. The lowest BCUT2D eigenvalue weighted by molar-refractivity contribution is 0.0691. The van der Waals surface area contributed by atoms with Gasteiger partial charge < -0.3 is 15.3 Å². The topological polar surface area (TPSA) is 82.5 Å². The maximum absolute atomic E-state index is 12.0. The van der Waals surface area contributed by atoms with Crippen LogP contribution in [-0.4, -0.2) is 46.1 Å². The Morgan fingerprint density at radius 3 is 2.85 bits per heavy atom. The van der Waals surface area contributed by atoms with Crippen molar-refractivity contribution in [3.63, 3.8) is 0 Å². The number of likely N-dealkylation sites (tertiary alicyclic amines) is 1. The number of aromatic carboxylic acids is 1. The van der Waals surface area contributed by atoms with Crippen molar-refractivity contribution in [1.29, 1.82) is 0 Å². The summed E-state index contributed by atoms with van der Waals surface area (Å²) >= 11 is 1.31. The van der Waals surface area contributed by atoms with E-state index in [1.165, 1.54) is 16.7 Å². The number of nitrogens with zero attached hydrogens (tertiary/aromatic N) is 2. The number of carbonyl (C=O) groups excluding carboxylic acids is 1. The minimum atomic E-state index is -1.02. The normalized spacial score (nSPS) is 22.0. The molecular weight excluding hydrogens is 278 g/mol. The molecule has 1 aliphatic heterocycles. The standard InChI is InChI=1S/C13H19N3O3S/c1-8-5-9(2)16(6-8)13(19)14-4-3-11-15-10(7-20-11)12(17)18/h7-9H,3-6H2,1-2H3,(H,14,19)(H,17,18). The van der Waals surface area contributed by atoms with Crippen LogP contribution in [0.4, 0.5) is 4.79 Å². The molecule has 2 heterocycles. The molecule has 2 unspecified atom stereocenters. The summed E-state index contributed by atoms with van der Waals surface area (Å²) in [5.41, 5.74) is 0.0679. The minimum Gasteiger partial charge on any atom is -0.476 e. The van der Waals surface area contributed by atoms with E-state index >= 15 is 0 Å². The van der Waals surface area contributed by atoms with Gasteiger partial charge in [0, 0.05) is 30.9 Å². The molecule has 1 saturated heterocycles. The first-order chi connectivity index (χ1) is 9.47.